The molecule has 0 unspecified atom stereocenters. The Morgan fingerprint density at radius 2 is 1.94 bits per heavy atom. The number of nitriles is 1. The van der Waals surface area contributed by atoms with Gasteiger partial charge in [0.25, 0.3) is 11.1 Å². The number of hydrogen-bond donors (Lipinski definition) is 0. The number of methoxy groups -OCH3 is 1. The Balaban J connectivity index is 1.54. The highest BCUT2D eigenvalue weighted by Gasteiger charge is 2.36. The number of carbonyl (C=O) groups is 2. The number of imide groups is 1. The first kappa shape index (κ1) is 25.8. The molecule has 4 rings (SSSR count). The van der Waals surface area contributed by atoms with Crippen LogP contribution in [0, 0.1) is 17.1 Å². The molecule has 182 valence electrons. The lowest BCUT2D eigenvalue weighted by Gasteiger charge is -2.14. The van der Waals surface area contributed by atoms with Gasteiger partial charge in [0, 0.05) is 10.6 Å². The molecule has 0 N–H and O–H groups in total. The van der Waals surface area contributed by atoms with Gasteiger partial charge in [0.05, 0.1) is 34.7 Å². The van der Waals surface area contributed by atoms with Gasteiger partial charge in [-0.1, -0.05) is 29.8 Å². The zero-order valence-corrected chi connectivity index (χ0v) is 21.9. The van der Waals surface area contributed by atoms with Crippen molar-refractivity contribution in [1.29, 1.82) is 5.26 Å². The van der Waals surface area contributed by atoms with E-state index in [1.54, 1.807) is 42.5 Å². The molecule has 0 spiro atoms. The molecule has 1 saturated heterocycles. The van der Waals surface area contributed by atoms with Gasteiger partial charge >= 0.3 is 0 Å². The fraction of sp³-hybridized carbons (Fsp3) is 0.115. The predicted octanol–water partition coefficient (Wildman–Crippen LogP) is 6.94. The van der Waals surface area contributed by atoms with Crippen molar-refractivity contribution in [3.8, 4) is 17.6 Å². The lowest BCUT2D eigenvalue weighted by molar-refractivity contribution is -0.123. The zero-order chi connectivity index (χ0) is 25.8. The molecule has 1 fully saturated rings. The smallest absolute Gasteiger partial charge is 0.293 e. The van der Waals surface area contributed by atoms with Crippen LogP contribution in [-0.2, 0) is 17.9 Å². The Labute approximate surface area is 224 Å². The van der Waals surface area contributed by atoms with E-state index in [2.05, 4.69) is 22.0 Å². The third-order valence-electron chi connectivity index (χ3n) is 5.27. The number of carbonyl (C=O) groups excluding carboxylic acids is 2. The summed E-state index contributed by atoms with van der Waals surface area (Å²) in [4.78, 5) is 26.6. The van der Waals surface area contributed by atoms with Gasteiger partial charge in [-0.2, -0.15) is 5.26 Å². The normalized spacial score (nSPS) is 14.3. The second-order valence-corrected chi connectivity index (χ2v) is 9.85. The minimum atomic E-state index is -0.587. The Kier molecular flexibility index (Phi) is 7.99. The number of benzene rings is 3. The third-order valence-corrected chi connectivity index (χ3v) is 7.12. The minimum absolute atomic E-state index is 0.0795. The molecule has 0 bridgehead atoms. The quantitative estimate of drug-likeness (QED) is 0.279. The summed E-state index contributed by atoms with van der Waals surface area (Å²) in [6.07, 6.45) is 1.56. The van der Waals surface area contributed by atoms with Crippen LogP contribution in [0.5, 0.6) is 11.5 Å². The van der Waals surface area contributed by atoms with Crippen molar-refractivity contribution in [2.45, 2.75) is 13.2 Å². The van der Waals surface area contributed by atoms with Crippen LogP contribution in [0.2, 0.25) is 5.02 Å². The number of ether oxygens (including phenoxy) is 2. The van der Waals surface area contributed by atoms with Gasteiger partial charge < -0.3 is 9.47 Å². The van der Waals surface area contributed by atoms with Crippen LogP contribution >= 0.6 is 39.3 Å². The molecule has 1 aliphatic rings. The van der Waals surface area contributed by atoms with Crippen molar-refractivity contribution in [1.82, 2.24) is 4.90 Å². The summed E-state index contributed by atoms with van der Waals surface area (Å²) in [5, 5.41) is 8.56. The maximum Gasteiger partial charge on any atom is 0.293 e. The van der Waals surface area contributed by atoms with E-state index in [0.717, 1.165) is 22.2 Å². The molecule has 3 aromatic rings. The van der Waals surface area contributed by atoms with Gasteiger partial charge in [-0.15, -0.1) is 0 Å². The summed E-state index contributed by atoms with van der Waals surface area (Å²) in [6, 6.07) is 16.7. The van der Waals surface area contributed by atoms with Crippen LogP contribution in [0.15, 0.2) is 64.0 Å². The Bertz CT molecular complexity index is 1400. The van der Waals surface area contributed by atoms with Crippen molar-refractivity contribution in [2.75, 3.05) is 7.11 Å². The topological polar surface area (TPSA) is 79.6 Å². The first-order valence-electron chi connectivity index (χ1n) is 10.5. The Hall–Kier alpha value is -3.32. The standard InChI is InChI=1S/C26H17BrClFN2O4S/c1-34-22-10-17(9-19(27)24(22)35-14-16-7-5-15(12-30)6-8-16)11-23-25(32)31(26(33)36-23)13-18-20(28)3-2-4-21(18)29/h2-11H,13-14H2,1H3/b23-11-. The van der Waals surface area contributed by atoms with Crippen molar-refractivity contribution in [2.24, 2.45) is 0 Å². The van der Waals surface area contributed by atoms with Crippen LogP contribution in [0.3, 0.4) is 0 Å². The fourth-order valence-electron chi connectivity index (χ4n) is 3.42. The van der Waals surface area contributed by atoms with Gasteiger partial charge in [0.1, 0.15) is 12.4 Å². The van der Waals surface area contributed by atoms with Crippen LogP contribution < -0.4 is 9.47 Å². The van der Waals surface area contributed by atoms with Crippen molar-refractivity contribution in [3.63, 3.8) is 0 Å². The molecule has 1 heterocycles. The van der Waals surface area contributed by atoms with E-state index in [1.807, 2.05) is 0 Å². The van der Waals surface area contributed by atoms with E-state index >= 15 is 0 Å². The summed E-state index contributed by atoms with van der Waals surface area (Å²) < 4.78 is 26.2. The first-order valence-corrected chi connectivity index (χ1v) is 12.5. The molecule has 3 aromatic carbocycles. The fourth-order valence-corrected chi connectivity index (χ4v) is 5.06. The zero-order valence-electron chi connectivity index (χ0n) is 18.8. The summed E-state index contributed by atoms with van der Waals surface area (Å²) in [7, 11) is 1.49. The number of thioether (sulfide) groups is 1. The number of rotatable bonds is 7. The highest BCUT2D eigenvalue weighted by molar-refractivity contribution is 9.10. The van der Waals surface area contributed by atoms with E-state index in [-0.39, 0.29) is 28.6 Å². The predicted molar refractivity (Wildman–Crippen MR) is 139 cm³/mol. The maximum absolute atomic E-state index is 14.2. The SMILES string of the molecule is COc1cc(/C=C2\SC(=O)N(Cc3c(F)cccc3Cl)C2=O)cc(Br)c1OCc1ccc(C#N)cc1. The van der Waals surface area contributed by atoms with Crippen molar-refractivity contribution >= 4 is 56.5 Å². The molecule has 36 heavy (non-hydrogen) atoms. The molecule has 0 radical (unpaired) electrons. The molecule has 1 aliphatic heterocycles. The molecule has 6 nitrogen and oxygen atoms in total. The molecule has 10 heteroatoms. The number of amides is 2. The monoisotopic (exact) mass is 586 g/mol. The second-order valence-electron chi connectivity index (χ2n) is 7.60. The minimum Gasteiger partial charge on any atom is -0.493 e. The largest absolute Gasteiger partial charge is 0.493 e. The highest BCUT2D eigenvalue weighted by atomic mass is 79.9. The second kappa shape index (κ2) is 11.2. The average Bonchev–Trinajstić information content (AvgIpc) is 3.12. The summed E-state index contributed by atoms with van der Waals surface area (Å²) in [6.45, 7) is -0.0137. The number of halogens is 3. The van der Waals surface area contributed by atoms with Gasteiger partial charge in [-0.05, 0) is 81.3 Å². The summed E-state index contributed by atoms with van der Waals surface area (Å²) >= 11 is 10.3. The maximum atomic E-state index is 14.2. The van der Waals surface area contributed by atoms with Gasteiger partial charge in [-0.25, -0.2) is 4.39 Å². The van der Waals surface area contributed by atoms with E-state index in [9.17, 15) is 14.0 Å². The van der Waals surface area contributed by atoms with Gasteiger partial charge in [0.2, 0.25) is 0 Å². The molecular formula is C26H17BrClFN2O4S. The number of hydrogen-bond acceptors (Lipinski definition) is 6. The van der Waals surface area contributed by atoms with E-state index < -0.39 is 17.0 Å². The first-order chi connectivity index (χ1) is 17.3. The van der Waals surface area contributed by atoms with E-state index in [1.165, 1.54) is 25.3 Å². The lowest BCUT2D eigenvalue weighted by Crippen LogP contribution is -2.28. The van der Waals surface area contributed by atoms with E-state index in [0.29, 0.717) is 27.1 Å². The van der Waals surface area contributed by atoms with Gasteiger partial charge in [-0.3, -0.25) is 14.5 Å². The average molecular weight is 588 g/mol. The van der Waals surface area contributed by atoms with Crippen LogP contribution in [0.25, 0.3) is 6.08 Å². The summed E-state index contributed by atoms with van der Waals surface area (Å²) in [5.41, 5.74) is 2.11. The third kappa shape index (κ3) is 5.57. The molecule has 0 aromatic heterocycles. The van der Waals surface area contributed by atoms with Crippen LogP contribution in [-0.4, -0.2) is 23.2 Å². The summed E-state index contributed by atoms with van der Waals surface area (Å²) in [5.74, 6) is -0.251. The Morgan fingerprint density at radius 3 is 2.61 bits per heavy atom. The van der Waals surface area contributed by atoms with Gasteiger partial charge in [0.15, 0.2) is 11.5 Å². The van der Waals surface area contributed by atoms with Crippen LogP contribution in [0.4, 0.5) is 9.18 Å². The Morgan fingerprint density at radius 1 is 1.19 bits per heavy atom. The molecule has 2 amide bonds. The van der Waals surface area contributed by atoms with Crippen molar-refractivity contribution in [3.05, 3.63) is 97.1 Å². The van der Waals surface area contributed by atoms with Crippen LogP contribution in [0.1, 0.15) is 22.3 Å². The van der Waals surface area contributed by atoms with E-state index in [4.69, 9.17) is 26.3 Å². The highest BCUT2D eigenvalue weighted by Crippen LogP contribution is 2.40. The molecule has 0 aliphatic carbocycles. The van der Waals surface area contributed by atoms with Crippen molar-refractivity contribution < 1.29 is 23.5 Å². The molecule has 0 saturated carbocycles. The lowest BCUT2D eigenvalue weighted by atomic mass is 10.1. The molecular weight excluding hydrogens is 571 g/mol. The number of nitrogens with zero attached hydrogens (tertiary/aromatic N) is 2. The molecule has 0 atom stereocenters.